The minimum Gasteiger partial charge on any atom is -0.385 e. The van der Waals surface area contributed by atoms with Crippen LogP contribution >= 0.6 is 0 Å². The van der Waals surface area contributed by atoms with Gasteiger partial charge in [-0.25, -0.2) is 0 Å². The van der Waals surface area contributed by atoms with Gasteiger partial charge in [0, 0.05) is 0 Å². The molecular weight excluding hydrogens is 124 g/mol. The molecular formula is C9H16O. The van der Waals surface area contributed by atoms with Gasteiger partial charge >= 0.3 is 0 Å². The van der Waals surface area contributed by atoms with Crippen molar-refractivity contribution in [3.05, 3.63) is 12.2 Å². The van der Waals surface area contributed by atoms with Crippen molar-refractivity contribution in [1.82, 2.24) is 0 Å². The summed E-state index contributed by atoms with van der Waals surface area (Å²) in [5.74, 6) is 0. The highest BCUT2D eigenvalue weighted by Gasteiger charge is 2.38. The zero-order valence-electron chi connectivity index (χ0n) is 7.02. The lowest BCUT2D eigenvalue weighted by Gasteiger charge is -2.35. The molecule has 0 unspecified atom stereocenters. The predicted octanol–water partition coefficient (Wildman–Crippen LogP) is 2.11. The van der Waals surface area contributed by atoms with Crippen LogP contribution in [0.1, 0.15) is 33.6 Å². The van der Waals surface area contributed by atoms with Crippen LogP contribution in [0.15, 0.2) is 12.2 Å². The number of hydrogen-bond acceptors (Lipinski definition) is 1. The van der Waals surface area contributed by atoms with Crippen LogP contribution in [0.3, 0.4) is 0 Å². The summed E-state index contributed by atoms with van der Waals surface area (Å²) in [4.78, 5) is 0. The first-order valence-electron chi connectivity index (χ1n) is 3.86. The summed E-state index contributed by atoms with van der Waals surface area (Å²) >= 11 is 0. The van der Waals surface area contributed by atoms with Crippen LogP contribution in [0.5, 0.6) is 0 Å². The fourth-order valence-electron chi connectivity index (χ4n) is 1.29. The van der Waals surface area contributed by atoms with Crippen molar-refractivity contribution in [3.8, 4) is 0 Å². The lowest BCUT2D eigenvalue weighted by atomic mass is 9.76. The smallest absolute Gasteiger partial charge is 0.0878 e. The zero-order chi connectivity index (χ0) is 7.83. The maximum Gasteiger partial charge on any atom is 0.0878 e. The molecule has 0 radical (unpaired) electrons. The fourth-order valence-corrected chi connectivity index (χ4v) is 1.29. The van der Waals surface area contributed by atoms with Crippen molar-refractivity contribution < 1.29 is 5.11 Å². The second-order valence-corrected chi connectivity index (χ2v) is 4.12. The average Bonchev–Trinajstić information content (AvgIpc) is 2.13. The number of aliphatic hydroxyl groups is 1. The third-order valence-corrected chi connectivity index (χ3v) is 2.38. The van der Waals surface area contributed by atoms with Gasteiger partial charge in [-0.05, 0) is 18.3 Å². The molecule has 1 N–H and O–H groups in total. The molecule has 0 aromatic rings. The predicted molar refractivity (Wildman–Crippen MR) is 42.8 cm³/mol. The molecule has 0 aromatic heterocycles. The zero-order valence-corrected chi connectivity index (χ0v) is 7.02. The molecule has 1 heteroatoms. The monoisotopic (exact) mass is 140 g/mol. The summed E-state index contributed by atoms with van der Waals surface area (Å²) in [6.07, 6.45) is 5.91. The molecule has 10 heavy (non-hydrogen) atoms. The second-order valence-electron chi connectivity index (χ2n) is 4.12. The maximum absolute atomic E-state index is 9.94. The standard InChI is InChI=1S/C9H16O/c1-8(2,3)9(10)6-4-5-7-9/h4,6,10H,5,7H2,1-3H3/t9-/m0/s1. The molecule has 1 aliphatic carbocycles. The van der Waals surface area contributed by atoms with Crippen molar-refractivity contribution in [3.63, 3.8) is 0 Å². The molecule has 0 heterocycles. The molecule has 0 fully saturated rings. The van der Waals surface area contributed by atoms with Crippen molar-refractivity contribution in [2.45, 2.75) is 39.2 Å². The minimum absolute atomic E-state index is 0.0139. The van der Waals surface area contributed by atoms with Crippen LogP contribution in [0, 0.1) is 5.41 Å². The van der Waals surface area contributed by atoms with Gasteiger partial charge in [0.05, 0.1) is 5.60 Å². The Labute approximate surface area is 62.8 Å². The van der Waals surface area contributed by atoms with Gasteiger partial charge in [0.1, 0.15) is 0 Å². The van der Waals surface area contributed by atoms with E-state index < -0.39 is 5.60 Å². The van der Waals surface area contributed by atoms with Gasteiger partial charge < -0.3 is 5.11 Å². The molecule has 1 rings (SSSR count). The topological polar surface area (TPSA) is 20.2 Å². The number of hydrogen-bond donors (Lipinski definition) is 1. The number of allylic oxidation sites excluding steroid dienone is 1. The normalized spacial score (nSPS) is 33.2. The van der Waals surface area contributed by atoms with Gasteiger partial charge in [0.2, 0.25) is 0 Å². The fraction of sp³-hybridized carbons (Fsp3) is 0.778. The quantitative estimate of drug-likeness (QED) is 0.511. The van der Waals surface area contributed by atoms with Gasteiger partial charge in [-0.15, -0.1) is 0 Å². The minimum atomic E-state index is -0.549. The second kappa shape index (κ2) is 2.09. The van der Waals surface area contributed by atoms with E-state index in [1.54, 1.807) is 0 Å². The molecule has 0 aliphatic heterocycles. The van der Waals surface area contributed by atoms with Crippen molar-refractivity contribution in [2.24, 2.45) is 5.41 Å². The molecule has 1 atom stereocenters. The Bertz CT molecular complexity index is 153. The lowest BCUT2D eigenvalue weighted by molar-refractivity contribution is -0.0131. The van der Waals surface area contributed by atoms with Gasteiger partial charge in [0.15, 0.2) is 0 Å². The number of rotatable bonds is 0. The highest BCUT2D eigenvalue weighted by Crippen LogP contribution is 2.38. The highest BCUT2D eigenvalue weighted by atomic mass is 16.3. The molecule has 1 aliphatic rings. The summed E-state index contributed by atoms with van der Waals surface area (Å²) in [5.41, 5.74) is -0.562. The Kier molecular flexibility index (Phi) is 1.63. The van der Waals surface area contributed by atoms with Gasteiger partial charge in [-0.1, -0.05) is 32.9 Å². The molecule has 0 saturated carbocycles. The van der Waals surface area contributed by atoms with Crippen molar-refractivity contribution in [2.75, 3.05) is 0 Å². The van der Waals surface area contributed by atoms with Crippen LogP contribution in [0.25, 0.3) is 0 Å². The van der Waals surface area contributed by atoms with E-state index in [2.05, 4.69) is 26.8 Å². The van der Waals surface area contributed by atoms with E-state index in [1.165, 1.54) is 0 Å². The summed E-state index contributed by atoms with van der Waals surface area (Å²) < 4.78 is 0. The van der Waals surface area contributed by atoms with E-state index in [0.717, 1.165) is 12.8 Å². The Morgan fingerprint density at radius 2 is 2.00 bits per heavy atom. The largest absolute Gasteiger partial charge is 0.385 e. The van der Waals surface area contributed by atoms with E-state index in [4.69, 9.17) is 0 Å². The third kappa shape index (κ3) is 1.10. The van der Waals surface area contributed by atoms with Gasteiger partial charge in [0.25, 0.3) is 0 Å². The Hall–Kier alpha value is -0.300. The van der Waals surface area contributed by atoms with E-state index in [-0.39, 0.29) is 5.41 Å². The first-order valence-corrected chi connectivity index (χ1v) is 3.86. The molecule has 0 saturated heterocycles. The third-order valence-electron chi connectivity index (χ3n) is 2.38. The van der Waals surface area contributed by atoms with E-state index in [9.17, 15) is 5.11 Å². The van der Waals surface area contributed by atoms with E-state index in [0.29, 0.717) is 0 Å². The van der Waals surface area contributed by atoms with Crippen LogP contribution in [0.4, 0.5) is 0 Å². The van der Waals surface area contributed by atoms with E-state index in [1.807, 2.05) is 6.08 Å². The molecule has 1 nitrogen and oxygen atoms in total. The first-order chi connectivity index (χ1) is 4.46. The summed E-state index contributed by atoms with van der Waals surface area (Å²) in [7, 11) is 0. The summed E-state index contributed by atoms with van der Waals surface area (Å²) in [6, 6.07) is 0. The first kappa shape index (κ1) is 7.80. The SMILES string of the molecule is CC(C)(C)[C@]1(O)C=CCC1. The van der Waals surface area contributed by atoms with Gasteiger partial charge in [-0.2, -0.15) is 0 Å². The van der Waals surface area contributed by atoms with Crippen molar-refractivity contribution in [1.29, 1.82) is 0 Å². The molecule has 0 bridgehead atoms. The van der Waals surface area contributed by atoms with Crippen molar-refractivity contribution >= 4 is 0 Å². The molecule has 58 valence electrons. The average molecular weight is 140 g/mol. The Balaban J connectivity index is 2.78. The molecule has 0 spiro atoms. The molecule has 0 aromatic carbocycles. The van der Waals surface area contributed by atoms with Crippen LogP contribution in [0.2, 0.25) is 0 Å². The molecule has 0 amide bonds. The Morgan fingerprint density at radius 1 is 1.40 bits per heavy atom. The lowest BCUT2D eigenvalue weighted by Crippen LogP contribution is -2.38. The maximum atomic E-state index is 9.94. The van der Waals surface area contributed by atoms with Crippen LogP contribution < -0.4 is 0 Å². The van der Waals surface area contributed by atoms with Gasteiger partial charge in [-0.3, -0.25) is 0 Å². The summed E-state index contributed by atoms with van der Waals surface area (Å²) in [6.45, 7) is 6.22. The van der Waals surface area contributed by atoms with E-state index >= 15 is 0 Å². The summed E-state index contributed by atoms with van der Waals surface area (Å²) in [5, 5.41) is 9.94. The van der Waals surface area contributed by atoms with Crippen LogP contribution in [-0.2, 0) is 0 Å². The highest BCUT2D eigenvalue weighted by molar-refractivity contribution is 5.13. The Morgan fingerprint density at radius 3 is 2.20 bits per heavy atom. The van der Waals surface area contributed by atoms with Crippen LogP contribution in [-0.4, -0.2) is 10.7 Å².